The number of carboxylic acids is 1. The zero-order chi connectivity index (χ0) is 25.9. The fourth-order valence-corrected chi connectivity index (χ4v) is 4.86. The number of amides is 1. The molecule has 0 aliphatic carbocycles. The molecule has 12 heteroatoms. The number of benzene rings is 1. The Kier molecular flexibility index (Phi) is 7.62. The Balaban J connectivity index is 0.000000384. The number of hydrogen-bond donors (Lipinski definition) is 3. The smallest absolute Gasteiger partial charge is 0.475 e. The summed E-state index contributed by atoms with van der Waals surface area (Å²) < 4.78 is 34.2. The van der Waals surface area contributed by atoms with Gasteiger partial charge >= 0.3 is 12.1 Å². The molecule has 1 saturated heterocycles. The molecule has 36 heavy (non-hydrogen) atoms. The van der Waals surface area contributed by atoms with Crippen LogP contribution in [0.25, 0.3) is 10.9 Å². The maximum absolute atomic E-state index is 12.9. The Hall–Kier alpha value is -3.41. The summed E-state index contributed by atoms with van der Waals surface area (Å²) in [7, 11) is 0. The number of halogens is 3. The van der Waals surface area contributed by atoms with Crippen molar-refractivity contribution >= 4 is 22.8 Å². The number of imidazole rings is 1. The summed E-state index contributed by atoms with van der Waals surface area (Å²) in [5.74, 6) is -1.06. The van der Waals surface area contributed by atoms with Gasteiger partial charge in [0.25, 0.3) is 0 Å². The minimum atomic E-state index is -5.08. The van der Waals surface area contributed by atoms with E-state index in [0.717, 1.165) is 55.5 Å². The van der Waals surface area contributed by atoms with Crippen molar-refractivity contribution in [3.8, 4) is 0 Å². The first-order valence-electron chi connectivity index (χ1n) is 12.0. The third kappa shape index (κ3) is 5.69. The molecule has 2 aromatic heterocycles. The van der Waals surface area contributed by atoms with Gasteiger partial charge in [0, 0.05) is 54.9 Å². The number of fused-ring (bicyclic) bond motifs is 2. The van der Waals surface area contributed by atoms with E-state index in [0.29, 0.717) is 12.3 Å². The molecule has 3 aromatic rings. The van der Waals surface area contributed by atoms with Crippen LogP contribution in [-0.2, 0) is 29.0 Å². The molecule has 194 valence electrons. The molecule has 0 saturated carbocycles. The van der Waals surface area contributed by atoms with Crippen LogP contribution in [-0.4, -0.2) is 66.9 Å². The summed E-state index contributed by atoms with van der Waals surface area (Å²) in [5.41, 5.74) is 9.51. The Labute approximate surface area is 205 Å². The lowest BCUT2D eigenvalue weighted by Crippen LogP contribution is -2.48. The van der Waals surface area contributed by atoms with Crippen LogP contribution in [0.1, 0.15) is 48.8 Å². The summed E-state index contributed by atoms with van der Waals surface area (Å²) in [6.07, 6.45) is 3.02. The quantitative estimate of drug-likeness (QED) is 0.499. The van der Waals surface area contributed by atoms with Crippen molar-refractivity contribution in [2.45, 2.75) is 63.2 Å². The number of aryl methyl sites for hydroxylation is 1. The van der Waals surface area contributed by atoms with Gasteiger partial charge in [-0.2, -0.15) is 18.3 Å². The van der Waals surface area contributed by atoms with Gasteiger partial charge in [0.15, 0.2) is 0 Å². The number of carboxylic acid groups (broad SMARTS) is 1. The van der Waals surface area contributed by atoms with Crippen molar-refractivity contribution < 1.29 is 27.9 Å². The molecule has 0 spiro atoms. The third-order valence-electron chi connectivity index (χ3n) is 6.73. The Morgan fingerprint density at radius 2 is 1.86 bits per heavy atom. The van der Waals surface area contributed by atoms with Gasteiger partial charge in [-0.1, -0.05) is 18.2 Å². The van der Waals surface area contributed by atoms with Crippen molar-refractivity contribution in [3.63, 3.8) is 0 Å². The number of rotatable bonds is 4. The number of nitrogens with one attached hydrogen (secondary N) is 1. The van der Waals surface area contributed by atoms with Crippen LogP contribution in [0.2, 0.25) is 0 Å². The molecule has 0 bridgehead atoms. The van der Waals surface area contributed by atoms with Crippen molar-refractivity contribution in [1.82, 2.24) is 24.6 Å². The second kappa shape index (κ2) is 10.7. The van der Waals surface area contributed by atoms with E-state index in [2.05, 4.69) is 21.0 Å². The first kappa shape index (κ1) is 25.7. The van der Waals surface area contributed by atoms with Crippen molar-refractivity contribution in [3.05, 3.63) is 47.7 Å². The summed E-state index contributed by atoms with van der Waals surface area (Å²) in [6, 6.07) is 7.37. The lowest BCUT2D eigenvalue weighted by atomic mass is 9.94. The molecule has 1 atom stereocenters. The van der Waals surface area contributed by atoms with Crippen LogP contribution >= 0.6 is 0 Å². The van der Waals surface area contributed by atoms with Crippen molar-refractivity contribution in [2.75, 3.05) is 13.1 Å². The highest BCUT2D eigenvalue weighted by Crippen LogP contribution is 2.30. The van der Waals surface area contributed by atoms with Crippen LogP contribution in [0, 0.1) is 0 Å². The first-order chi connectivity index (χ1) is 17.1. The van der Waals surface area contributed by atoms with Crippen LogP contribution in [0.3, 0.4) is 0 Å². The van der Waals surface area contributed by atoms with Gasteiger partial charge in [-0.05, 0) is 38.2 Å². The van der Waals surface area contributed by atoms with Crippen molar-refractivity contribution in [2.24, 2.45) is 5.73 Å². The molecule has 5 rings (SSSR count). The third-order valence-corrected chi connectivity index (χ3v) is 6.73. The maximum Gasteiger partial charge on any atom is 0.490 e. The van der Waals surface area contributed by atoms with E-state index in [1.807, 2.05) is 29.2 Å². The number of piperidine rings is 1. The molecule has 0 radical (unpaired) electrons. The molecule has 9 nitrogen and oxygen atoms in total. The van der Waals surface area contributed by atoms with Crippen LogP contribution in [0.15, 0.2) is 30.5 Å². The number of aliphatic carboxylic acids is 1. The summed E-state index contributed by atoms with van der Waals surface area (Å²) in [5, 5.41) is 15.5. The Bertz CT molecular complexity index is 1210. The Morgan fingerprint density at radius 3 is 2.56 bits per heavy atom. The number of likely N-dealkylation sites (tertiary alicyclic amines) is 1. The summed E-state index contributed by atoms with van der Waals surface area (Å²) >= 11 is 0. The number of hydrogen-bond acceptors (Lipinski definition) is 5. The highest BCUT2D eigenvalue weighted by atomic mass is 19.4. The van der Waals surface area contributed by atoms with Crippen LogP contribution in [0.4, 0.5) is 13.2 Å². The fraction of sp³-hybridized carbons (Fsp3) is 0.500. The number of aromatic nitrogens is 4. The second-order valence-corrected chi connectivity index (χ2v) is 9.15. The minimum absolute atomic E-state index is 0.0345. The monoisotopic (exact) mass is 506 g/mol. The van der Waals surface area contributed by atoms with E-state index >= 15 is 0 Å². The van der Waals surface area contributed by atoms with Gasteiger partial charge in [0.2, 0.25) is 5.91 Å². The number of nitrogens with two attached hydrogens (primary N) is 1. The molecular formula is C24H29F3N6O3. The molecule has 1 aromatic carbocycles. The second-order valence-electron chi connectivity index (χ2n) is 9.15. The van der Waals surface area contributed by atoms with E-state index < -0.39 is 18.2 Å². The highest BCUT2D eigenvalue weighted by molar-refractivity contribution is 5.85. The SMILES string of the molecule is NC(Cc1[nH]nc2ccccc12)C(=O)N1CCC(c2ncc3n2CCCC3)CC1.O=C(O)C(F)(F)F. The van der Waals surface area contributed by atoms with Gasteiger partial charge in [-0.3, -0.25) is 9.89 Å². The predicted octanol–water partition coefficient (Wildman–Crippen LogP) is 3.00. The predicted molar refractivity (Wildman–Crippen MR) is 125 cm³/mol. The van der Waals surface area contributed by atoms with Gasteiger partial charge in [-0.15, -0.1) is 0 Å². The summed E-state index contributed by atoms with van der Waals surface area (Å²) in [4.78, 5) is 28.5. The van der Waals surface area contributed by atoms with Gasteiger partial charge in [0.05, 0.1) is 11.6 Å². The minimum Gasteiger partial charge on any atom is -0.475 e. The number of para-hydroxylation sites is 1. The molecular weight excluding hydrogens is 477 g/mol. The average Bonchev–Trinajstić information content (AvgIpc) is 3.48. The number of aromatic amines is 1. The van der Waals surface area contributed by atoms with E-state index in [1.54, 1.807) is 0 Å². The maximum atomic E-state index is 12.9. The van der Waals surface area contributed by atoms with Gasteiger partial charge < -0.3 is 20.3 Å². The fourth-order valence-electron chi connectivity index (χ4n) is 4.86. The van der Waals surface area contributed by atoms with E-state index in [4.69, 9.17) is 20.6 Å². The lowest BCUT2D eigenvalue weighted by molar-refractivity contribution is -0.192. The number of H-pyrrole nitrogens is 1. The topological polar surface area (TPSA) is 130 Å². The molecule has 2 aliphatic heterocycles. The van der Waals surface area contributed by atoms with E-state index in [9.17, 15) is 18.0 Å². The lowest BCUT2D eigenvalue weighted by Gasteiger charge is -2.33. The highest BCUT2D eigenvalue weighted by Gasteiger charge is 2.38. The molecule has 1 unspecified atom stereocenters. The Morgan fingerprint density at radius 1 is 1.17 bits per heavy atom. The number of carbonyl (C=O) groups is 2. The first-order valence-corrected chi connectivity index (χ1v) is 12.0. The zero-order valence-corrected chi connectivity index (χ0v) is 19.7. The van der Waals surface area contributed by atoms with E-state index in [1.165, 1.54) is 24.4 Å². The summed E-state index contributed by atoms with van der Waals surface area (Å²) in [6.45, 7) is 2.60. The average molecular weight is 507 g/mol. The largest absolute Gasteiger partial charge is 0.490 e. The van der Waals surface area contributed by atoms with Crippen LogP contribution < -0.4 is 5.73 Å². The zero-order valence-electron chi connectivity index (χ0n) is 19.7. The van der Waals surface area contributed by atoms with Gasteiger partial charge in [0.1, 0.15) is 5.82 Å². The number of carbonyl (C=O) groups excluding carboxylic acids is 1. The number of alkyl halides is 3. The van der Waals surface area contributed by atoms with E-state index in [-0.39, 0.29) is 5.91 Å². The molecule has 4 N–H and O–H groups in total. The molecule has 4 heterocycles. The number of nitrogens with zero attached hydrogens (tertiary/aromatic N) is 4. The molecule has 1 amide bonds. The normalized spacial score (nSPS) is 17.3. The molecule has 1 fully saturated rings. The van der Waals surface area contributed by atoms with Gasteiger partial charge in [-0.25, -0.2) is 9.78 Å². The standard InChI is InChI=1S/C22H28N6O.C2HF3O2/c23-18(13-20-17-6-1-2-7-19(17)25-26-20)22(29)27-11-8-15(9-12-27)21-24-14-16-5-3-4-10-28(16)21;3-2(4,5)1(6)7/h1-2,6-7,14-15,18H,3-5,8-13,23H2,(H,25,26);(H,6,7). The van der Waals surface area contributed by atoms with Crippen molar-refractivity contribution in [1.29, 1.82) is 0 Å². The van der Waals surface area contributed by atoms with Crippen LogP contribution in [0.5, 0.6) is 0 Å². The molecule has 2 aliphatic rings.